The Balaban J connectivity index is 0.00000264. The van der Waals surface area contributed by atoms with Crippen LogP contribution in [-0.4, -0.2) is 41.9 Å². The first-order valence-electron chi connectivity index (χ1n) is 7.80. The molecule has 0 bridgehead atoms. The molecular formula is C17H26ClN3O2. The molecule has 2 amide bonds. The molecule has 1 fully saturated rings. The predicted molar refractivity (Wildman–Crippen MR) is 93.7 cm³/mol. The summed E-state index contributed by atoms with van der Waals surface area (Å²) in [5.41, 5.74) is 7.53. The first-order chi connectivity index (χ1) is 10.4. The lowest BCUT2D eigenvalue weighted by molar-refractivity contribution is -0.133. The van der Waals surface area contributed by atoms with Crippen molar-refractivity contribution in [2.24, 2.45) is 11.7 Å². The van der Waals surface area contributed by atoms with Crippen molar-refractivity contribution in [2.45, 2.75) is 39.3 Å². The minimum absolute atomic E-state index is 0. The average Bonchev–Trinajstić information content (AvgIpc) is 2.91. The van der Waals surface area contributed by atoms with E-state index in [-0.39, 0.29) is 36.2 Å². The van der Waals surface area contributed by atoms with Gasteiger partial charge < -0.3 is 16.0 Å². The summed E-state index contributed by atoms with van der Waals surface area (Å²) in [6.07, 6.45) is 0.822. The van der Waals surface area contributed by atoms with Crippen molar-refractivity contribution in [2.75, 3.05) is 13.1 Å². The molecule has 0 aromatic heterocycles. The summed E-state index contributed by atoms with van der Waals surface area (Å²) < 4.78 is 0. The zero-order valence-electron chi connectivity index (χ0n) is 13.9. The highest BCUT2D eigenvalue weighted by molar-refractivity contribution is 5.97. The Labute approximate surface area is 144 Å². The number of rotatable bonds is 4. The normalized spacial score (nSPS) is 18.5. The van der Waals surface area contributed by atoms with Gasteiger partial charge in [-0.25, -0.2) is 0 Å². The van der Waals surface area contributed by atoms with Crippen LogP contribution in [0.4, 0.5) is 0 Å². The van der Waals surface area contributed by atoms with Crippen LogP contribution in [0.2, 0.25) is 0 Å². The van der Waals surface area contributed by atoms with Gasteiger partial charge >= 0.3 is 0 Å². The minimum atomic E-state index is -0.515. The van der Waals surface area contributed by atoms with Gasteiger partial charge in [0.1, 0.15) is 6.04 Å². The first kappa shape index (κ1) is 19.5. The van der Waals surface area contributed by atoms with Crippen LogP contribution >= 0.6 is 12.4 Å². The number of benzene rings is 1. The Morgan fingerprint density at radius 3 is 2.35 bits per heavy atom. The Morgan fingerprint density at radius 1 is 1.26 bits per heavy atom. The molecular weight excluding hydrogens is 314 g/mol. The molecule has 1 saturated heterocycles. The van der Waals surface area contributed by atoms with Gasteiger partial charge in [-0.3, -0.25) is 9.59 Å². The smallest absolute Gasteiger partial charge is 0.251 e. The molecule has 1 heterocycles. The summed E-state index contributed by atoms with van der Waals surface area (Å²) >= 11 is 0. The van der Waals surface area contributed by atoms with Gasteiger partial charge in [0, 0.05) is 24.7 Å². The number of nitrogens with zero attached hydrogens (tertiary/aromatic N) is 1. The highest BCUT2D eigenvalue weighted by Crippen LogP contribution is 2.13. The maximum absolute atomic E-state index is 12.6. The zero-order valence-corrected chi connectivity index (χ0v) is 14.7. The fraction of sp³-hybridized carbons (Fsp3) is 0.529. The van der Waals surface area contributed by atoms with E-state index in [1.807, 2.05) is 32.9 Å². The predicted octanol–water partition coefficient (Wildman–Crippen LogP) is 1.73. The molecule has 2 atom stereocenters. The second-order valence-corrected chi connectivity index (χ2v) is 6.39. The number of aryl methyl sites for hydroxylation is 1. The van der Waals surface area contributed by atoms with E-state index in [9.17, 15) is 9.59 Å². The number of halogens is 1. The summed E-state index contributed by atoms with van der Waals surface area (Å²) in [5, 5.41) is 2.87. The summed E-state index contributed by atoms with van der Waals surface area (Å²) in [6.45, 7) is 7.09. The van der Waals surface area contributed by atoms with Gasteiger partial charge in [0.15, 0.2) is 0 Å². The number of carbonyl (C=O) groups is 2. The van der Waals surface area contributed by atoms with Gasteiger partial charge in [0.25, 0.3) is 5.91 Å². The second kappa shape index (κ2) is 8.31. The van der Waals surface area contributed by atoms with E-state index in [1.165, 1.54) is 0 Å². The molecule has 0 aliphatic carbocycles. The van der Waals surface area contributed by atoms with Crippen molar-refractivity contribution in [3.8, 4) is 0 Å². The molecule has 23 heavy (non-hydrogen) atoms. The van der Waals surface area contributed by atoms with Gasteiger partial charge in [0.2, 0.25) is 5.91 Å². The summed E-state index contributed by atoms with van der Waals surface area (Å²) in [7, 11) is 0. The van der Waals surface area contributed by atoms with Crippen LogP contribution in [0.25, 0.3) is 0 Å². The second-order valence-electron chi connectivity index (χ2n) is 6.39. The van der Waals surface area contributed by atoms with Crippen molar-refractivity contribution in [1.82, 2.24) is 10.2 Å². The summed E-state index contributed by atoms with van der Waals surface area (Å²) in [5.74, 6) is -0.224. The molecule has 0 radical (unpaired) electrons. The quantitative estimate of drug-likeness (QED) is 0.877. The van der Waals surface area contributed by atoms with Crippen LogP contribution < -0.4 is 11.1 Å². The van der Waals surface area contributed by atoms with E-state index in [2.05, 4.69) is 5.32 Å². The third-order valence-corrected chi connectivity index (χ3v) is 4.07. The lowest BCUT2D eigenvalue weighted by Gasteiger charge is -2.26. The standard InChI is InChI=1S/C17H25N3O2.ClH/c1-11(2)15(17(22)20-9-8-14(18)10-20)19-16(21)13-6-4-12(3)5-7-13;/h4-7,11,14-15H,8-10,18H2,1-3H3,(H,19,21);1H/t14-,15?;/m1./s1. The van der Waals surface area contributed by atoms with Gasteiger partial charge in [0.05, 0.1) is 0 Å². The molecule has 2 rings (SSSR count). The molecule has 1 aliphatic heterocycles. The van der Waals surface area contributed by atoms with Crippen LogP contribution in [0.5, 0.6) is 0 Å². The molecule has 1 aromatic rings. The van der Waals surface area contributed by atoms with Crippen molar-refractivity contribution in [3.05, 3.63) is 35.4 Å². The van der Waals surface area contributed by atoms with Crippen molar-refractivity contribution >= 4 is 24.2 Å². The van der Waals surface area contributed by atoms with Gasteiger partial charge in [-0.15, -0.1) is 12.4 Å². The molecule has 1 unspecified atom stereocenters. The van der Waals surface area contributed by atoms with Gasteiger partial charge in [-0.05, 0) is 31.4 Å². The zero-order chi connectivity index (χ0) is 16.3. The molecule has 0 saturated carbocycles. The maximum Gasteiger partial charge on any atom is 0.251 e. The van der Waals surface area contributed by atoms with Crippen LogP contribution in [0.15, 0.2) is 24.3 Å². The van der Waals surface area contributed by atoms with Crippen molar-refractivity contribution in [3.63, 3.8) is 0 Å². The molecule has 1 aromatic carbocycles. The van der Waals surface area contributed by atoms with Gasteiger partial charge in [-0.2, -0.15) is 0 Å². The Kier molecular flexibility index (Phi) is 7.03. The highest BCUT2D eigenvalue weighted by Gasteiger charge is 2.32. The largest absolute Gasteiger partial charge is 0.340 e. The van der Waals surface area contributed by atoms with Crippen LogP contribution in [0.1, 0.15) is 36.2 Å². The first-order valence-corrected chi connectivity index (χ1v) is 7.80. The van der Waals surface area contributed by atoms with Crippen LogP contribution in [0, 0.1) is 12.8 Å². The van der Waals surface area contributed by atoms with E-state index < -0.39 is 6.04 Å². The van der Waals surface area contributed by atoms with Crippen molar-refractivity contribution in [1.29, 1.82) is 0 Å². The number of hydrogen-bond acceptors (Lipinski definition) is 3. The van der Waals surface area contributed by atoms with E-state index in [4.69, 9.17) is 5.73 Å². The SMILES string of the molecule is Cc1ccc(C(=O)NC(C(=O)N2CC[C@@H](N)C2)C(C)C)cc1.Cl. The third kappa shape index (κ3) is 4.94. The Bertz CT molecular complexity index is 545. The van der Waals surface area contributed by atoms with E-state index in [0.717, 1.165) is 12.0 Å². The fourth-order valence-corrected chi connectivity index (χ4v) is 2.63. The summed E-state index contributed by atoms with van der Waals surface area (Å²) in [4.78, 5) is 26.7. The molecule has 3 N–H and O–H groups in total. The monoisotopic (exact) mass is 339 g/mol. The fourth-order valence-electron chi connectivity index (χ4n) is 2.63. The van der Waals surface area contributed by atoms with Crippen LogP contribution in [-0.2, 0) is 4.79 Å². The van der Waals surface area contributed by atoms with E-state index >= 15 is 0 Å². The number of nitrogens with two attached hydrogens (primary N) is 1. The lowest BCUT2D eigenvalue weighted by Crippen LogP contribution is -2.51. The number of amides is 2. The van der Waals surface area contributed by atoms with E-state index in [1.54, 1.807) is 17.0 Å². The summed E-state index contributed by atoms with van der Waals surface area (Å²) in [6, 6.07) is 6.86. The van der Waals surface area contributed by atoms with Crippen LogP contribution in [0.3, 0.4) is 0 Å². The molecule has 6 heteroatoms. The topological polar surface area (TPSA) is 75.4 Å². The number of carbonyl (C=O) groups excluding carboxylic acids is 2. The molecule has 128 valence electrons. The van der Waals surface area contributed by atoms with E-state index in [0.29, 0.717) is 18.7 Å². The molecule has 1 aliphatic rings. The third-order valence-electron chi connectivity index (χ3n) is 4.07. The lowest BCUT2D eigenvalue weighted by atomic mass is 10.0. The minimum Gasteiger partial charge on any atom is -0.340 e. The van der Waals surface area contributed by atoms with Gasteiger partial charge in [-0.1, -0.05) is 31.5 Å². The molecule has 0 spiro atoms. The Hall–Kier alpha value is -1.59. The van der Waals surface area contributed by atoms with Crippen molar-refractivity contribution < 1.29 is 9.59 Å². The maximum atomic E-state index is 12.6. The highest BCUT2D eigenvalue weighted by atomic mass is 35.5. The number of likely N-dealkylation sites (tertiary alicyclic amines) is 1. The average molecular weight is 340 g/mol. The number of nitrogens with one attached hydrogen (secondary N) is 1. The Morgan fingerprint density at radius 2 is 1.87 bits per heavy atom. The molecule has 5 nitrogen and oxygen atoms in total. The number of hydrogen-bond donors (Lipinski definition) is 2.